The van der Waals surface area contributed by atoms with Crippen LogP contribution in [-0.2, 0) is 0 Å². The van der Waals surface area contributed by atoms with E-state index in [2.05, 4.69) is 10.3 Å². The number of aromatic nitrogens is 1. The quantitative estimate of drug-likeness (QED) is 0.900. The highest BCUT2D eigenvalue weighted by atomic mass is 32.1. The Balaban J connectivity index is 1.80. The van der Waals surface area contributed by atoms with Gasteiger partial charge in [0.15, 0.2) is 11.5 Å². The molecule has 0 saturated heterocycles. The van der Waals surface area contributed by atoms with E-state index in [9.17, 15) is 4.79 Å². The van der Waals surface area contributed by atoms with Crippen LogP contribution in [0.4, 0.5) is 0 Å². The number of nitrogens with two attached hydrogens (primary N) is 1. The van der Waals surface area contributed by atoms with Gasteiger partial charge in [-0.25, -0.2) is 4.98 Å². The molecule has 116 valence electrons. The molecule has 0 radical (unpaired) electrons. The van der Waals surface area contributed by atoms with E-state index in [1.165, 1.54) is 11.3 Å². The fourth-order valence-electron chi connectivity index (χ4n) is 1.96. The molecule has 6 nitrogen and oxygen atoms in total. The number of hydrogen-bond acceptors (Lipinski definition) is 6. The predicted octanol–water partition coefficient (Wildman–Crippen LogP) is 2.01. The number of nitrogens with one attached hydrogen (secondary N) is 1. The third-order valence-electron chi connectivity index (χ3n) is 3.31. The van der Waals surface area contributed by atoms with Gasteiger partial charge in [-0.3, -0.25) is 4.79 Å². The van der Waals surface area contributed by atoms with Gasteiger partial charge in [0.05, 0.1) is 6.20 Å². The van der Waals surface area contributed by atoms with Gasteiger partial charge in [-0.1, -0.05) is 0 Å². The largest absolute Gasteiger partial charge is 0.454 e. The number of amides is 1. The molecule has 2 aromatic rings. The van der Waals surface area contributed by atoms with Crippen molar-refractivity contribution in [2.45, 2.75) is 19.4 Å². The molecule has 1 aromatic carbocycles. The first-order valence-corrected chi connectivity index (χ1v) is 7.68. The molecule has 2 heterocycles. The second-order valence-electron chi connectivity index (χ2n) is 5.64. The highest BCUT2D eigenvalue weighted by Gasteiger charge is 2.21. The summed E-state index contributed by atoms with van der Waals surface area (Å²) in [6.45, 7) is 4.36. The van der Waals surface area contributed by atoms with Crippen LogP contribution in [0.5, 0.6) is 11.5 Å². The fourth-order valence-corrected chi connectivity index (χ4v) is 2.77. The lowest BCUT2D eigenvalue weighted by molar-refractivity contribution is 0.0919. The SMILES string of the molecule is CC(C)(CN)NC(=O)c1cnc(-c2ccc3c(c2)OCO3)s1. The van der Waals surface area contributed by atoms with E-state index in [-0.39, 0.29) is 12.7 Å². The number of carbonyl (C=O) groups excluding carboxylic acids is 1. The van der Waals surface area contributed by atoms with Crippen molar-refractivity contribution in [1.29, 1.82) is 0 Å². The average Bonchev–Trinajstić information content (AvgIpc) is 3.15. The lowest BCUT2D eigenvalue weighted by Crippen LogP contribution is -2.48. The number of rotatable bonds is 4. The molecule has 0 aliphatic carbocycles. The van der Waals surface area contributed by atoms with Gasteiger partial charge in [0, 0.05) is 17.6 Å². The summed E-state index contributed by atoms with van der Waals surface area (Å²) in [7, 11) is 0. The molecule has 0 atom stereocenters. The van der Waals surface area contributed by atoms with Crippen LogP contribution >= 0.6 is 11.3 Å². The van der Waals surface area contributed by atoms with Crippen molar-refractivity contribution in [3.63, 3.8) is 0 Å². The summed E-state index contributed by atoms with van der Waals surface area (Å²) in [5.74, 6) is 1.26. The Morgan fingerprint density at radius 1 is 1.41 bits per heavy atom. The van der Waals surface area contributed by atoms with Gasteiger partial charge >= 0.3 is 0 Å². The van der Waals surface area contributed by atoms with E-state index in [4.69, 9.17) is 15.2 Å². The van der Waals surface area contributed by atoms with Gasteiger partial charge in [0.25, 0.3) is 5.91 Å². The first-order valence-electron chi connectivity index (χ1n) is 6.87. The van der Waals surface area contributed by atoms with Crippen molar-refractivity contribution < 1.29 is 14.3 Å². The van der Waals surface area contributed by atoms with Crippen LogP contribution in [0.1, 0.15) is 23.5 Å². The Bertz CT molecular complexity index is 712. The highest BCUT2D eigenvalue weighted by Crippen LogP contribution is 2.36. The van der Waals surface area contributed by atoms with Gasteiger partial charge in [-0.2, -0.15) is 0 Å². The summed E-state index contributed by atoms with van der Waals surface area (Å²) < 4.78 is 10.6. The van der Waals surface area contributed by atoms with Crippen LogP contribution in [0, 0.1) is 0 Å². The number of fused-ring (bicyclic) bond motifs is 1. The standard InChI is InChI=1S/C15H17N3O3S/c1-15(2,7-16)18-13(19)12-6-17-14(22-12)9-3-4-10-11(5-9)21-8-20-10/h3-6H,7-8,16H2,1-2H3,(H,18,19). The average molecular weight is 319 g/mol. The molecule has 7 heteroatoms. The normalized spacial score (nSPS) is 13.2. The number of benzene rings is 1. The molecule has 0 unspecified atom stereocenters. The molecule has 3 rings (SSSR count). The third kappa shape index (κ3) is 2.90. The summed E-state index contributed by atoms with van der Waals surface area (Å²) in [5, 5.41) is 3.65. The van der Waals surface area contributed by atoms with Gasteiger partial charge < -0.3 is 20.5 Å². The van der Waals surface area contributed by atoms with Crippen molar-refractivity contribution in [3.8, 4) is 22.1 Å². The van der Waals surface area contributed by atoms with Crippen molar-refractivity contribution in [2.24, 2.45) is 5.73 Å². The molecular formula is C15H17N3O3S. The number of hydrogen-bond donors (Lipinski definition) is 2. The molecule has 3 N–H and O–H groups in total. The van der Waals surface area contributed by atoms with Crippen molar-refractivity contribution >= 4 is 17.2 Å². The molecule has 22 heavy (non-hydrogen) atoms. The van der Waals surface area contributed by atoms with E-state index < -0.39 is 5.54 Å². The van der Waals surface area contributed by atoms with Crippen LogP contribution in [0.15, 0.2) is 24.4 Å². The van der Waals surface area contributed by atoms with Gasteiger partial charge in [0.1, 0.15) is 9.88 Å². The Morgan fingerprint density at radius 2 is 2.18 bits per heavy atom. The summed E-state index contributed by atoms with van der Waals surface area (Å²) in [5.41, 5.74) is 6.08. The zero-order chi connectivity index (χ0) is 15.7. The minimum absolute atomic E-state index is 0.167. The lowest BCUT2D eigenvalue weighted by Gasteiger charge is -2.23. The summed E-state index contributed by atoms with van der Waals surface area (Å²) >= 11 is 1.33. The second kappa shape index (κ2) is 5.58. The van der Waals surface area contributed by atoms with Crippen molar-refractivity contribution in [3.05, 3.63) is 29.3 Å². The molecule has 1 aromatic heterocycles. The number of ether oxygens (including phenoxy) is 2. The topological polar surface area (TPSA) is 86.5 Å². The Hall–Kier alpha value is -2.12. The maximum atomic E-state index is 12.2. The van der Waals surface area contributed by atoms with Crippen molar-refractivity contribution in [1.82, 2.24) is 10.3 Å². The Kier molecular flexibility index (Phi) is 3.76. The minimum Gasteiger partial charge on any atom is -0.454 e. The fraction of sp³-hybridized carbons (Fsp3) is 0.333. The lowest BCUT2D eigenvalue weighted by atomic mass is 10.1. The van der Waals surface area contributed by atoms with E-state index in [0.29, 0.717) is 17.2 Å². The zero-order valence-electron chi connectivity index (χ0n) is 12.4. The molecule has 1 aliphatic heterocycles. The number of nitrogens with zero attached hydrogens (tertiary/aromatic N) is 1. The first kappa shape index (κ1) is 14.8. The third-order valence-corrected chi connectivity index (χ3v) is 4.36. The van der Waals surface area contributed by atoms with Crippen LogP contribution in [0.3, 0.4) is 0 Å². The van der Waals surface area contributed by atoms with E-state index in [1.54, 1.807) is 6.20 Å². The number of carbonyl (C=O) groups is 1. The molecule has 0 fully saturated rings. The van der Waals surface area contributed by atoms with Gasteiger partial charge in [-0.05, 0) is 32.0 Å². The molecule has 1 aliphatic rings. The van der Waals surface area contributed by atoms with Crippen LogP contribution in [0.25, 0.3) is 10.6 Å². The maximum Gasteiger partial charge on any atom is 0.263 e. The van der Waals surface area contributed by atoms with E-state index in [0.717, 1.165) is 16.3 Å². The molecule has 0 spiro atoms. The van der Waals surface area contributed by atoms with Crippen LogP contribution < -0.4 is 20.5 Å². The smallest absolute Gasteiger partial charge is 0.263 e. The summed E-state index contributed by atoms with van der Waals surface area (Å²) in [6.07, 6.45) is 1.58. The van der Waals surface area contributed by atoms with Gasteiger partial charge in [-0.15, -0.1) is 11.3 Å². The summed E-state index contributed by atoms with van der Waals surface area (Å²) in [6, 6.07) is 5.61. The first-order chi connectivity index (χ1) is 10.5. The molecule has 1 amide bonds. The van der Waals surface area contributed by atoms with Gasteiger partial charge in [0.2, 0.25) is 6.79 Å². The molecule has 0 bridgehead atoms. The molecule has 0 saturated carbocycles. The monoisotopic (exact) mass is 319 g/mol. The molecular weight excluding hydrogens is 302 g/mol. The summed E-state index contributed by atoms with van der Waals surface area (Å²) in [4.78, 5) is 17.1. The Labute approximate surface area is 132 Å². The van der Waals surface area contributed by atoms with Crippen molar-refractivity contribution in [2.75, 3.05) is 13.3 Å². The maximum absolute atomic E-state index is 12.2. The van der Waals surface area contributed by atoms with Crippen LogP contribution in [-0.4, -0.2) is 29.8 Å². The highest BCUT2D eigenvalue weighted by molar-refractivity contribution is 7.16. The second-order valence-corrected chi connectivity index (χ2v) is 6.67. The zero-order valence-corrected chi connectivity index (χ0v) is 13.2. The minimum atomic E-state index is -0.444. The van der Waals surface area contributed by atoms with Crippen LogP contribution in [0.2, 0.25) is 0 Å². The number of thiazole rings is 1. The Morgan fingerprint density at radius 3 is 2.95 bits per heavy atom. The van der Waals surface area contributed by atoms with E-state index in [1.807, 2.05) is 32.0 Å². The predicted molar refractivity (Wildman–Crippen MR) is 84.3 cm³/mol. The van der Waals surface area contributed by atoms with E-state index >= 15 is 0 Å².